The Hall–Kier alpha value is -2.92. The highest BCUT2D eigenvalue weighted by Gasteiger charge is 2.26. The summed E-state index contributed by atoms with van der Waals surface area (Å²) < 4.78 is 21.4. The van der Waals surface area contributed by atoms with Gasteiger partial charge in [0, 0.05) is 11.3 Å². The summed E-state index contributed by atoms with van der Waals surface area (Å²) in [6.07, 6.45) is 2.66. The van der Waals surface area contributed by atoms with E-state index in [2.05, 4.69) is 25.1 Å². The van der Waals surface area contributed by atoms with Crippen molar-refractivity contribution in [2.24, 2.45) is 0 Å². The average Bonchev–Trinajstić information content (AvgIpc) is 3.01. The summed E-state index contributed by atoms with van der Waals surface area (Å²) in [5.41, 5.74) is 6.51. The van der Waals surface area contributed by atoms with Gasteiger partial charge in [-0.3, -0.25) is 5.41 Å². The Morgan fingerprint density at radius 2 is 1.78 bits per heavy atom. The van der Waals surface area contributed by atoms with Gasteiger partial charge in [0.1, 0.15) is 17.2 Å². The molecular weight excluding hydrogens is 467 g/mol. The fraction of sp³-hybridized carbons (Fsp3) is 0.355. The molecule has 0 bridgehead atoms. The number of rotatable bonds is 7. The number of hydrogen-bond acceptors (Lipinski definition) is 4. The zero-order chi connectivity index (χ0) is 26.0. The lowest BCUT2D eigenvalue weighted by molar-refractivity contribution is 0.267. The number of thioether (sulfide) groups is 1. The molecule has 0 unspecified atom stereocenters. The Kier molecular flexibility index (Phi) is 7.70. The third-order valence-corrected chi connectivity index (χ3v) is 8.00. The molecule has 4 rings (SSSR count). The fourth-order valence-corrected chi connectivity index (χ4v) is 5.54. The van der Waals surface area contributed by atoms with Gasteiger partial charge in [-0.25, -0.2) is 9.37 Å². The van der Waals surface area contributed by atoms with Crippen LogP contribution in [0.4, 0.5) is 4.39 Å². The molecule has 1 aromatic heterocycles. The lowest BCUT2D eigenvalue weighted by Crippen LogP contribution is -2.21. The first kappa shape index (κ1) is 26.2. The molecule has 0 amide bonds. The average molecular weight is 503 g/mol. The highest BCUT2D eigenvalue weighted by molar-refractivity contribution is 7.99. The van der Waals surface area contributed by atoms with E-state index < -0.39 is 5.67 Å². The normalized spacial score (nSPS) is 13.8. The monoisotopic (exact) mass is 502 g/mol. The van der Waals surface area contributed by atoms with Crippen LogP contribution in [0.3, 0.4) is 0 Å². The maximum absolute atomic E-state index is 15.1. The van der Waals surface area contributed by atoms with Crippen molar-refractivity contribution >= 4 is 17.5 Å². The number of aromatic nitrogens is 1. The van der Waals surface area contributed by atoms with Crippen molar-refractivity contribution in [3.05, 3.63) is 93.2 Å². The van der Waals surface area contributed by atoms with E-state index in [1.54, 1.807) is 32.5 Å². The first-order chi connectivity index (χ1) is 17.1. The predicted molar refractivity (Wildman–Crippen MR) is 149 cm³/mol. The van der Waals surface area contributed by atoms with Crippen LogP contribution < -0.4 is 4.74 Å². The third kappa shape index (κ3) is 5.57. The van der Waals surface area contributed by atoms with Crippen LogP contribution in [0.25, 0.3) is 0 Å². The summed E-state index contributed by atoms with van der Waals surface area (Å²) in [4.78, 5) is 4.91. The summed E-state index contributed by atoms with van der Waals surface area (Å²) in [5.74, 6) is 2.19. The summed E-state index contributed by atoms with van der Waals surface area (Å²) >= 11 is 1.55. The van der Waals surface area contributed by atoms with Crippen LogP contribution in [0.15, 0.2) is 64.7 Å². The highest BCUT2D eigenvalue weighted by Crippen LogP contribution is 2.36. The Labute approximate surface area is 218 Å². The van der Waals surface area contributed by atoms with Crippen molar-refractivity contribution in [1.82, 2.24) is 4.98 Å². The van der Waals surface area contributed by atoms with Gasteiger partial charge in [-0.15, -0.1) is 11.8 Å². The Bertz CT molecular complexity index is 1320. The largest absolute Gasteiger partial charge is 0.455 e. The summed E-state index contributed by atoms with van der Waals surface area (Å²) in [5, 5.41) is 9.91. The Balaban J connectivity index is 1.60. The van der Waals surface area contributed by atoms with E-state index in [1.165, 1.54) is 11.1 Å². The second-order valence-corrected chi connectivity index (χ2v) is 11.0. The number of allylic oxidation sites excluding steroid dienone is 1. The van der Waals surface area contributed by atoms with E-state index in [0.717, 1.165) is 63.7 Å². The molecule has 0 atom stereocenters. The number of benzene rings is 2. The Morgan fingerprint density at radius 3 is 2.44 bits per heavy atom. The molecule has 0 spiro atoms. The van der Waals surface area contributed by atoms with E-state index in [-0.39, 0.29) is 0 Å². The molecule has 36 heavy (non-hydrogen) atoms. The first-order valence-corrected chi connectivity index (χ1v) is 13.5. The minimum atomic E-state index is -1.52. The molecule has 1 aliphatic heterocycles. The topological polar surface area (TPSA) is 46.0 Å². The van der Waals surface area contributed by atoms with E-state index in [1.807, 2.05) is 44.2 Å². The van der Waals surface area contributed by atoms with Crippen molar-refractivity contribution in [2.75, 3.05) is 5.75 Å². The molecule has 3 aromatic rings. The molecule has 1 N–H and O–H groups in total. The molecule has 0 saturated heterocycles. The van der Waals surface area contributed by atoms with Crippen LogP contribution in [0, 0.1) is 19.3 Å². The van der Waals surface area contributed by atoms with Gasteiger partial charge in [0.2, 0.25) is 0 Å². The van der Waals surface area contributed by atoms with Crippen LogP contribution in [0.2, 0.25) is 0 Å². The maximum atomic E-state index is 15.1. The number of alkyl halides is 1. The number of nitrogens with zero attached hydrogens (tertiary/aromatic N) is 1. The predicted octanol–water partition coefficient (Wildman–Crippen LogP) is 8.38. The van der Waals surface area contributed by atoms with Gasteiger partial charge in [0.15, 0.2) is 0 Å². The van der Waals surface area contributed by atoms with E-state index in [4.69, 9.17) is 15.1 Å². The lowest BCUT2D eigenvalue weighted by Gasteiger charge is -2.23. The maximum Gasteiger partial charge on any atom is 0.149 e. The van der Waals surface area contributed by atoms with E-state index >= 15 is 4.39 Å². The molecule has 1 aliphatic rings. The standard InChI is InChI=1S/C31H35FN2OS/c1-7-22-11-12-23-13-14-25-26(35-27(23)17-22)15-16-28(34-25)36-18-24(21(4)31(5,6)32)30(33)29-19(2)9-8-10-20(29)3/h8-12,15-17,33H,7,13-14,18H2,1-6H3/b24-21+,33-30?. The van der Waals surface area contributed by atoms with Crippen LogP contribution in [0.1, 0.15) is 61.2 Å². The lowest BCUT2D eigenvalue weighted by atomic mass is 9.88. The molecule has 0 radical (unpaired) electrons. The number of ether oxygens (including phenoxy) is 1. The molecule has 5 heteroatoms. The van der Waals surface area contributed by atoms with Crippen LogP contribution in [-0.4, -0.2) is 22.1 Å². The van der Waals surface area contributed by atoms with Crippen molar-refractivity contribution in [3.8, 4) is 11.5 Å². The number of aryl methyl sites for hydroxylation is 5. The van der Waals surface area contributed by atoms with Gasteiger partial charge >= 0.3 is 0 Å². The molecular formula is C31H35FN2OS. The van der Waals surface area contributed by atoms with Crippen LogP contribution in [0.5, 0.6) is 11.5 Å². The fourth-order valence-electron chi connectivity index (χ4n) is 4.55. The second kappa shape index (κ2) is 10.6. The summed E-state index contributed by atoms with van der Waals surface area (Å²) in [6, 6.07) is 16.4. The van der Waals surface area contributed by atoms with E-state index in [0.29, 0.717) is 17.0 Å². The van der Waals surface area contributed by atoms with Gasteiger partial charge < -0.3 is 4.74 Å². The molecule has 2 aromatic carbocycles. The number of nitrogens with one attached hydrogen (secondary N) is 1. The molecule has 2 heterocycles. The molecule has 0 aliphatic carbocycles. The Morgan fingerprint density at radius 1 is 1.06 bits per heavy atom. The number of pyridine rings is 1. The number of hydrogen-bond donors (Lipinski definition) is 1. The highest BCUT2D eigenvalue weighted by atomic mass is 32.2. The quantitative estimate of drug-likeness (QED) is 0.261. The van der Waals surface area contributed by atoms with Gasteiger partial charge in [-0.05, 0) is 105 Å². The van der Waals surface area contributed by atoms with Gasteiger partial charge in [0.05, 0.1) is 16.4 Å². The summed E-state index contributed by atoms with van der Waals surface area (Å²) in [7, 11) is 0. The van der Waals surface area contributed by atoms with Crippen molar-refractivity contribution in [2.45, 2.75) is 71.5 Å². The molecule has 0 fully saturated rings. The minimum absolute atomic E-state index is 0.390. The number of fused-ring (bicyclic) bond motifs is 2. The number of halogens is 1. The van der Waals surface area contributed by atoms with Gasteiger partial charge in [0.25, 0.3) is 0 Å². The smallest absolute Gasteiger partial charge is 0.149 e. The first-order valence-electron chi connectivity index (χ1n) is 12.6. The third-order valence-electron chi connectivity index (χ3n) is 7.04. The van der Waals surface area contributed by atoms with Crippen LogP contribution in [-0.2, 0) is 19.3 Å². The van der Waals surface area contributed by atoms with E-state index in [9.17, 15) is 0 Å². The molecule has 188 valence electrons. The second-order valence-electron chi connectivity index (χ2n) is 10.00. The van der Waals surface area contributed by atoms with Gasteiger partial charge in [-0.1, -0.05) is 37.3 Å². The van der Waals surface area contributed by atoms with Crippen molar-refractivity contribution in [1.29, 1.82) is 5.41 Å². The molecule has 3 nitrogen and oxygen atoms in total. The zero-order valence-electron chi connectivity index (χ0n) is 22.1. The van der Waals surface area contributed by atoms with Gasteiger partial charge in [-0.2, -0.15) is 0 Å². The molecule has 0 saturated carbocycles. The van der Waals surface area contributed by atoms with Crippen LogP contribution >= 0.6 is 11.8 Å². The zero-order valence-corrected chi connectivity index (χ0v) is 22.9. The van der Waals surface area contributed by atoms with Crippen molar-refractivity contribution in [3.63, 3.8) is 0 Å². The minimum Gasteiger partial charge on any atom is -0.455 e. The van der Waals surface area contributed by atoms with Crippen molar-refractivity contribution < 1.29 is 9.13 Å². The summed E-state index contributed by atoms with van der Waals surface area (Å²) in [6.45, 7) is 11.1. The SMILES string of the molecule is CCc1ccc2c(c1)Oc1ccc(SC/C(C(=N)c3c(C)cccc3C)=C(/C)C(C)(C)F)nc1CC2.